The molecule has 14 heavy (non-hydrogen) atoms. The van der Waals surface area contributed by atoms with Gasteiger partial charge in [-0.3, -0.25) is 14.5 Å². The van der Waals surface area contributed by atoms with Crippen molar-refractivity contribution in [3.63, 3.8) is 0 Å². The highest BCUT2D eigenvalue weighted by Crippen LogP contribution is 2.00. The highest BCUT2D eigenvalue weighted by Gasteiger charge is 2.20. The molecular weight excluding hydrogens is 190 g/mol. The molecule has 0 aromatic rings. The zero-order valence-electron chi connectivity index (χ0n) is 8.01. The average molecular weight is 205 g/mol. The number of nitrogens with zero attached hydrogens (tertiary/aromatic N) is 1. The third-order valence-corrected chi connectivity index (χ3v) is 1.91. The van der Waals surface area contributed by atoms with Crippen LogP contribution < -0.4 is 0 Å². The predicted molar refractivity (Wildman–Crippen MR) is 48.0 cm³/mol. The standard InChI is InChI=1S/C8H15NO5/c1-6(8(13)14)9(4-5-10)3-2-7(11)12/h6,10H,2-5H2,1H3,(H,11,12)(H,13,14). The first-order valence-electron chi connectivity index (χ1n) is 4.28. The van der Waals surface area contributed by atoms with Gasteiger partial charge in [0.05, 0.1) is 13.0 Å². The molecule has 0 aliphatic heterocycles. The summed E-state index contributed by atoms with van der Waals surface area (Å²) in [5.41, 5.74) is 0. The van der Waals surface area contributed by atoms with Crippen molar-refractivity contribution in [1.29, 1.82) is 0 Å². The van der Waals surface area contributed by atoms with Gasteiger partial charge in [-0.05, 0) is 6.92 Å². The summed E-state index contributed by atoms with van der Waals surface area (Å²) in [4.78, 5) is 22.3. The number of aliphatic hydroxyl groups is 1. The number of hydrogen-bond donors (Lipinski definition) is 3. The predicted octanol–water partition coefficient (Wildman–Crippen LogP) is -0.771. The molecule has 0 saturated carbocycles. The fraction of sp³-hybridized carbons (Fsp3) is 0.750. The van der Waals surface area contributed by atoms with Gasteiger partial charge < -0.3 is 15.3 Å². The second-order valence-corrected chi connectivity index (χ2v) is 2.92. The molecule has 0 spiro atoms. The van der Waals surface area contributed by atoms with E-state index in [2.05, 4.69) is 0 Å². The lowest BCUT2D eigenvalue weighted by Crippen LogP contribution is -2.41. The maximum Gasteiger partial charge on any atom is 0.320 e. The highest BCUT2D eigenvalue weighted by molar-refractivity contribution is 5.73. The Morgan fingerprint density at radius 1 is 1.29 bits per heavy atom. The van der Waals surface area contributed by atoms with Crippen molar-refractivity contribution < 1.29 is 24.9 Å². The molecule has 0 fully saturated rings. The number of aliphatic hydroxyl groups excluding tert-OH is 1. The molecule has 0 rings (SSSR count). The van der Waals surface area contributed by atoms with Crippen molar-refractivity contribution in [2.24, 2.45) is 0 Å². The Labute approximate surface area is 81.8 Å². The Kier molecular flexibility index (Phi) is 5.82. The van der Waals surface area contributed by atoms with Crippen LogP contribution in [0.5, 0.6) is 0 Å². The van der Waals surface area contributed by atoms with Gasteiger partial charge in [0.15, 0.2) is 0 Å². The number of hydrogen-bond acceptors (Lipinski definition) is 4. The minimum Gasteiger partial charge on any atom is -0.481 e. The average Bonchev–Trinajstić information content (AvgIpc) is 2.10. The number of rotatable bonds is 7. The van der Waals surface area contributed by atoms with E-state index in [1.165, 1.54) is 11.8 Å². The van der Waals surface area contributed by atoms with Gasteiger partial charge in [-0.2, -0.15) is 0 Å². The molecule has 6 nitrogen and oxygen atoms in total. The summed E-state index contributed by atoms with van der Waals surface area (Å²) >= 11 is 0. The molecule has 1 unspecified atom stereocenters. The molecule has 0 amide bonds. The van der Waals surface area contributed by atoms with Crippen LogP contribution in [0, 0.1) is 0 Å². The molecule has 0 heterocycles. The number of carbonyl (C=O) groups is 2. The topological polar surface area (TPSA) is 98.1 Å². The Morgan fingerprint density at radius 3 is 2.21 bits per heavy atom. The summed E-state index contributed by atoms with van der Waals surface area (Å²) in [6, 6.07) is -0.776. The van der Waals surface area contributed by atoms with Gasteiger partial charge in [0.2, 0.25) is 0 Å². The summed E-state index contributed by atoms with van der Waals surface area (Å²) in [5.74, 6) is -2.01. The summed E-state index contributed by atoms with van der Waals surface area (Å²) in [6.07, 6.45) is -0.127. The first kappa shape index (κ1) is 12.9. The lowest BCUT2D eigenvalue weighted by atomic mass is 10.2. The van der Waals surface area contributed by atoms with E-state index in [4.69, 9.17) is 15.3 Å². The monoisotopic (exact) mass is 205 g/mol. The highest BCUT2D eigenvalue weighted by atomic mass is 16.4. The quantitative estimate of drug-likeness (QED) is 0.504. The fourth-order valence-electron chi connectivity index (χ4n) is 1.02. The van der Waals surface area contributed by atoms with Gasteiger partial charge in [0.25, 0.3) is 0 Å². The Bertz CT molecular complexity index is 206. The van der Waals surface area contributed by atoms with Crippen molar-refractivity contribution in [2.45, 2.75) is 19.4 Å². The lowest BCUT2D eigenvalue weighted by molar-refractivity contribution is -0.144. The first-order chi connectivity index (χ1) is 6.49. The van der Waals surface area contributed by atoms with Gasteiger partial charge in [-0.25, -0.2) is 0 Å². The zero-order valence-corrected chi connectivity index (χ0v) is 8.01. The van der Waals surface area contributed by atoms with Gasteiger partial charge in [0.1, 0.15) is 6.04 Å². The summed E-state index contributed by atoms with van der Waals surface area (Å²) in [6.45, 7) is 1.57. The third-order valence-electron chi connectivity index (χ3n) is 1.91. The zero-order chi connectivity index (χ0) is 11.1. The van der Waals surface area contributed by atoms with E-state index in [0.29, 0.717) is 0 Å². The minimum absolute atomic E-state index is 0.127. The van der Waals surface area contributed by atoms with E-state index >= 15 is 0 Å². The summed E-state index contributed by atoms with van der Waals surface area (Å²) in [7, 11) is 0. The van der Waals surface area contributed by atoms with Gasteiger partial charge >= 0.3 is 11.9 Å². The third kappa shape index (κ3) is 4.78. The molecule has 82 valence electrons. The molecule has 0 aromatic carbocycles. The normalized spacial score (nSPS) is 12.8. The molecule has 0 radical (unpaired) electrons. The molecule has 0 aromatic heterocycles. The Hall–Kier alpha value is -1.14. The van der Waals surface area contributed by atoms with Crippen molar-refractivity contribution in [3.05, 3.63) is 0 Å². The van der Waals surface area contributed by atoms with E-state index in [1.54, 1.807) is 0 Å². The van der Waals surface area contributed by atoms with E-state index in [9.17, 15) is 9.59 Å². The van der Waals surface area contributed by atoms with Crippen LogP contribution in [0.4, 0.5) is 0 Å². The van der Waals surface area contributed by atoms with E-state index in [0.717, 1.165) is 0 Å². The van der Waals surface area contributed by atoms with E-state index in [-0.39, 0.29) is 26.1 Å². The summed E-state index contributed by atoms with van der Waals surface area (Å²) < 4.78 is 0. The lowest BCUT2D eigenvalue weighted by Gasteiger charge is -2.24. The Balaban J connectivity index is 4.13. The molecule has 0 aliphatic carbocycles. The van der Waals surface area contributed by atoms with Crippen LogP contribution in [0.15, 0.2) is 0 Å². The van der Waals surface area contributed by atoms with Crippen molar-refractivity contribution in [2.75, 3.05) is 19.7 Å². The molecule has 1 atom stereocenters. The maximum absolute atomic E-state index is 10.6. The van der Waals surface area contributed by atoms with Crippen LogP contribution in [0.25, 0.3) is 0 Å². The van der Waals surface area contributed by atoms with Gasteiger partial charge in [0, 0.05) is 13.1 Å². The second kappa shape index (κ2) is 6.33. The molecule has 0 bridgehead atoms. The number of carboxylic acids is 2. The van der Waals surface area contributed by atoms with Gasteiger partial charge in [-0.15, -0.1) is 0 Å². The maximum atomic E-state index is 10.6. The van der Waals surface area contributed by atoms with Crippen LogP contribution in [-0.4, -0.2) is 57.9 Å². The molecular formula is C8H15NO5. The first-order valence-corrected chi connectivity index (χ1v) is 4.28. The Morgan fingerprint density at radius 2 is 1.86 bits per heavy atom. The van der Waals surface area contributed by atoms with Crippen molar-refractivity contribution in [1.82, 2.24) is 4.90 Å². The van der Waals surface area contributed by atoms with Gasteiger partial charge in [-0.1, -0.05) is 0 Å². The van der Waals surface area contributed by atoms with Crippen LogP contribution in [0.1, 0.15) is 13.3 Å². The van der Waals surface area contributed by atoms with Crippen LogP contribution >= 0.6 is 0 Å². The fourth-order valence-corrected chi connectivity index (χ4v) is 1.02. The minimum atomic E-state index is -1.02. The van der Waals surface area contributed by atoms with Crippen LogP contribution in [0.3, 0.4) is 0 Å². The number of carboxylic acid groups (broad SMARTS) is 2. The van der Waals surface area contributed by atoms with Crippen LogP contribution in [0.2, 0.25) is 0 Å². The van der Waals surface area contributed by atoms with Crippen molar-refractivity contribution >= 4 is 11.9 Å². The smallest absolute Gasteiger partial charge is 0.320 e. The summed E-state index contributed by atoms with van der Waals surface area (Å²) in [5, 5.41) is 25.7. The molecule has 6 heteroatoms. The number of aliphatic carboxylic acids is 2. The van der Waals surface area contributed by atoms with E-state index < -0.39 is 18.0 Å². The van der Waals surface area contributed by atoms with Crippen molar-refractivity contribution in [3.8, 4) is 0 Å². The molecule has 0 aliphatic rings. The largest absolute Gasteiger partial charge is 0.481 e. The van der Waals surface area contributed by atoms with E-state index in [1.807, 2.05) is 0 Å². The second-order valence-electron chi connectivity index (χ2n) is 2.92. The molecule has 3 N–H and O–H groups in total. The van der Waals surface area contributed by atoms with Crippen LogP contribution in [-0.2, 0) is 9.59 Å². The SMILES string of the molecule is CC(C(=O)O)N(CCO)CCC(=O)O. The molecule has 0 saturated heterocycles.